The van der Waals surface area contributed by atoms with E-state index in [2.05, 4.69) is 25.8 Å². The molecule has 0 fully saturated rings. The SMILES string of the molecule is COc1ccc(OC)c(-c2nc(C)c(C(=O)c3ccc(C(C)(C)C)cc3)n2C)c1. The number of methoxy groups -OCH3 is 2. The molecule has 0 N–H and O–H groups in total. The molecule has 0 radical (unpaired) electrons. The Bertz CT molecular complexity index is 1040. The number of nitrogens with zero attached hydrogens (tertiary/aromatic N) is 2. The first kappa shape index (κ1) is 20.6. The van der Waals surface area contributed by atoms with E-state index in [1.165, 1.54) is 5.56 Å². The molecule has 0 amide bonds. The standard InChI is InChI=1S/C24H28N2O3/c1-15-21(22(27)16-8-10-17(11-9-16)24(2,3)4)26(5)23(25-15)19-14-18(28-6)12-13-20(19)29-7/h8-14H,1-7H3. The maximum absolute atomic E-state index is 13.3. The fourth-order valence-electron chi connectivity index (χ4n) is 3.44. The van der Waals surface area contributed by atoms with E-state index in [-0.39, 0.29) is 11.2 Å². The average Bonchev–Trinajstić information content (AvgIpc) is 3.00. The Hall–Kier alpha value is -3.08. The number of ether oxygens (including phenoxy) is 2. The van der Waals surface area contributed by atoms with Crippen LogP contribution in [-0.2, 0) is 12.5 Å². The van der Waals surface area contributed by atoms with Gasteiger partial charge in [0.2, 0.25) is 5.78 Å². The highest BCUT2D eigenvalue weighted by Crippen LogP contribution is 2.34. The Labute approximate surface area is 172 Å². The molecule has 0 aliphatic carbocycles. The van der Waals surface area contributed by atoms with Gasteiger partial charge in [-0.3, -0.25) is 4.79 Å². The number of benzene rings is 2. The van der Waals surface area contributed by atoms with Gasteiger partial charge < -0.3 is 14.0 Å². The number of imidazole rings is 1. The monoisotopic (exact) mass is 392 g/mol. The van der Waals surface area contributed by atoms with Gasteiger partial charge in [0, 0.05) is 12.6 Å². The molecule has 0 unspecified atom stereocenters. The highest BCUT2D eigenvalue weighted by atomic mass is 16.5. The number of aryl methyl sites for hydroxylation is 1. The molecule has 2 aromatic carbocycles. The molecule has 3 aromatic rings. The molecule has 5 heteroatoms. The second kappa shape index (κ2) is 7.74. The van der Waals surface area contributed by atoms with Gasteiger partial charge in [-0.25, -0.2) is 4.98 Å². The molecule has 0 saturated carbocycles. The van der Waals surface area contributed by atoms with E-state index in [4.69, 9.17) is 9.47 Å². The molecule has 0 saturated heterocycles. The van der Waals surface area contributed by atoms with Crippen molar-refractivity contribution in [3.63, 3.8) is 0 Å². The summed E-state index contributed by atoms with van der Waals surface area (Å²) in [6.07, 6.45) is 0. The molecular formula is C24H28N2O3. The largest absolute Gasteiger partial charge is 0.497 e. The fraction of sp³-hybridized carbons (Fsp3) is 0.333. The van der Waals surface area contributed by atoms with E-state index in [0.29, 0.717) is 34.3 Å². The molecule has 1 heterocycles. The fourth-order valence-corrected chi connectivity index (χ4v) is 3.44. The zero-order valence-corrected chi connectivity index (χ0v) is 18.2. The summed E-state index contributed by atoms with van der Waals surface area (Å²) < 4.78 is 12.7. The number of hydrogen-bond donors (Lipinski definition) is 0. The third kappa shape index (κ3) is 3.90. The molecule has 0 spiro atoms. The first-order chi connectivity index (χ1) is 13.7. The first-order valence-electron chi connectivity index (χ1n) is 9.58. The van der Waals surface area contributed by atoms with Gasteiger partial charge in [-0.1, -0.05) is 45.0 Å². The van der Waals surface area contributed by atoms with Gasteiger partial charge in [0.05, 0.1) is 25.5 Å². The van der Waals surface area contributed by atoms with Crippen LogP contribution in [0.3, 0.4) is 0 Å². The summed E-state index contributed by atoms with van der Waals surface area (Å²) in [5.41, 5.74) is 3.90. The van der Waals surface area contributed by atoms with Crippen molar-refractivity contribution >= 4 is 5.78 Å². The van der Waals surface area contributed by atoms with Crippen molar-refractivity contribution in [3.8, 4) is 22.9 Å². The lowest BCUT2D eigenvalue weighted by molar-refractivity contribution is 0.103. The number of carbonyl (C=O) groups excluding carboxylic acids is 1. The van der Waals surface area contributed by atoms with E-state index in [1.54, 1.807) is 14.2 Å². The summed E-state index contributed by atoms with van der Waals surface area (Å²) >= 11 is 0. The van der Waals surface area contributed by atoms with Crippen molar-refractivity contribution in [3.05, 3.63) is 65.0 Å². The van der Waals surface area contributed by atoms with Crippen molar-refractivity contribution in [1.82, 2.24) is 9.55 Å². The van der Waals surface area contributed by atoms with Crippen LogP contribution in [0.1, 0.15) is 48.1 Å². The van der Waals surface area contributed by atoms with Gasteiger partial charge in [0.1, 0.15) is 23.0 Å². The minimum absolute atomic E-state index is 0.0418. The van der Waals surface area contributed by atoms with Gasteiger partial charge in [-0.2, -0.15) is 0 Å². The van der Waals surface area contributed by atoms with Crippen LogP contribution in [0.4, 0.5) is 0 Å². The van der Waals surface area contributed by atoms with Crippen LogP contribution in [0.2, 0.25) is 0 Å². The van der Waals surface area contributed by atoms with Crippen LogP contribution in [0, 0.1) is 6.92 Å². The second-order valence-corrected chi connectivity index (χ2v) is 8.15. The Morgan fingerprint density at radius 1 is 1.00 bits per heavy atom. The quantitative estimate of drug-likeness (QED) is 0.577. The molecule has 152 valence electrons. The van der Waals surface area contributed by atoms with E-state index >= 15 is 0 Å². The van der Waals surface area contributed by atoms with Gasteiger partial charge >= 0.3 is 0 Å². The molecule has 3 rings (SSSR count). The number of aromatic nitrogens is 2. The van der Waals surface area contributed by atoms with E-state index in [0.717, 1.165) is 5.56 Å². The Kier molecular flexibility index (Phi) is 5.51. The van der Waals surface area contributed by atoms with Crippen LogP contribution in [-0.4, -0.2) is 29.6 Å². The van der Waals surface area contributed by atoms with Crippen LogP contribution < -0.4 is 9.47 Å². The zero-order chi connectivity index (χ0) is 21.3. The lowest BCUT2D eigenvalue weighted by Crippen LogP contribution is -2.13. The Morgan fingerprint density at radius 2 is 1.66 bits per heavy atom. The molecule has 1 aromatic heterocycles. The van der Waals surface area contributed by atoms with E-state index in [9.17, 15) is 4.79 Å². The van der Waals surface area contributed by atoms with Gasteiger partial charge in [0.25, 0.3) is 0 Å². The Balaban J connectivity index is 2.06. The van der Waals surface area contributed by atoms with Gasteiger partial charge in [-0.15, -0.1) is 0 Å². The minimum Gasteiger partial charge on any atom is -0.497 e. The molecule has 0 bridgehead atoms. The third-order valence-electron chi connectivity index (χ3n) is 5.15. The number of ketones is 1. The maximum Gasteiger partial charge on any atom is 0.211 e. The highest BCUT2D eigenvalue weighted by Gasteiger charge is 2.23. The van der Waals surface area contributed by atoms with Crippen molar-refractivity contribution in [2.45, 2.75) is 33.1 Å². The summed E-state index contributed by atoms with van der Waals surface area (Å²) in [6.45, 7) is 8.32. The summed E-state index contributed by atoms with van der Waals surface area (Å²) in [4.78, 5) is 17.9. The maximum atomic E-state index is 13.3. The summed E-state index contributed by atoms with van der Waals surface area (Å²) in [5.74, 6) is 1.98. The number of hydrogen-bond acceptors (Lipinski definition) is 4. The third-order valence-corrected chi connectivity index (χ3v) is 5.15. The normalized spacial score (nSPS) is 11.4. The predicted molar refractivity (Wildman–Crippen MR) is 115 cm³/mol. The molecular weight excluding hydrogens is 364 g/mol. The lowest BCUT2D eigenvalue weighted by Gasteiger charge is -2.19. The zero-order valence-electron chi connectivity index (χ0n) is 18.2. The second-order valence-electron chi connectivity index (χ2n) is 8.15. The van der Waals surface area contributed by atoms with Crippen LogP contribution in [0.5, 0.6) is 11.5 Å². The number of rotatable bonds is 5. The molecule has 5 nitrogen and oxygen atoms in total. The van der Waals surface area contributed by atoms with E-state index in [1.807, 2.05) is 61.0 Å². The Morgan fingerprint density at radius 3 is 2.21 bits per heavy atom. The molecule has 0 atom stereocenters. The summed E-state index contributed by atoms with van der Waals surface area (Å²) in [7, 11) is 5.08. The van der Waals surface area contributed by atoms with E-state index < -0.39 is 0 Å². The summed E-state index contributed by atoms with van der Waals surface area (Å²) in [6, 6.07) is 13.4. The van der Waals surface area contributed by atoms with Crippen LogP contribution >= 0.6 is 0 Å². The minimum atomic E-state index is -0.0499. The topological polar surface area (TPSA) is 53.4 Å². The highest BCUT2D eigenvalue weighted by molar-refractivity contribution is 6.09. The summed E-state index contributed by atoms with van der Waals surface area (Å²) in [5, 5.41) is 0. The van der Waals surface area contributed by atoms with Gasteiger partial charge in [-0.05, 0) is 36.1 Å². The van der Waals surface area contributed by atoms with Crippen molar-refractivity contribution in [2.24, 2.45) is 7.05 Å². The first-order valence-corrected chi connectivity index (χ1v) is 9.58. The molecule has 0 aliphatic heterocycles. The predicted octanol–water partition coefficient (Wildman–Crippen LogP) is 4.94. The smallest absolute Gasteiger partial charge is 0.211 e. The van der Waals surface area contributed by atoms with Gasteiger partial charge in [0.15, 0.2) is 0 Å². The molecule has 29 heavy (non-hydrogen) atoms. The number of carbonyl (C=O) groups is 1. The van der Waals surface area contributed by atoms with Crippen molar-refractivity contribution in [1.29, 1.82) is 0 Å². The average molecular weight is 392 g/mol. The van der Waals surface area contributed by atoms with Crippen molar-refractivity contribution in [2.75, 3.05) is 14.2 Å². The molecule has 0 aliphatic rings. The van der Waals surface area contributed by atoms with Crippen LogP contribution in [0.25, 0.3) is 11.4 Å². The van der Waals surface area contributed by atoms with Crippen LogP contribution in [0.15, 0.2) is 42.5 Å². The lowest BCUT2D eigenvalue weighted by atomic mass is 9.86. The van der Waals surface area contributed by atoms with Crippen molar-refractivity contribution < 1.29 is 14.3 Å².